The molecule has 0 radical (unpaired) electrons. The van der Waals surface area contributed by atoms with Gasteiger partial charge in [0.2, 0.25) is 0 Å². The lowest BCUT2D eigenvalue weighted by atomic mass is 10.4. The number of allylic oxidation sites excluding steroid dienone is 1. The molecule has 1 aromatic rings. The molecule has 0 aliphatic rings. The molecule has 54 valence electrons. The molecule has 0 spiro atoms. The van der Waals surface area contributed by atoms with Crippen molar-refractivity contribution in [1.82, 2.24) is 9.55 Å². The summed E-state index contributed by atoms with van der Waals surface area (Å²) < 4.78 is 1.92. The van der Waals surface area contributed by atoms with E-state index in [1.54, 1.807) is 6.33 Å². The zero-order chi connectivity index (χ0) is 7.40. The minimum Gasteiger partial charge on any atom is -0.340 e. The second-order valence-corrected chi connectivity index (χ2v) is 2.67. The molecule has 10 heavy (non-hydrogen) atoms. The van der Waals surface area contributed by atoms with Crippen molar-refractivity contribution in [2.45, 2.75) is 0 Å². The summed E-state index contributed by atoms with van der Waals surface area (Å²) in [6, 6.07) is 0. The number of imidazole rings is 1. The average Bonchev–Trinajstić information content (AvgIpc) is 2.31. The second kappa shape index (κ2) is 3.56. The first-order valence-corrected chi connectivity index (χ1v) is 4.15. The van der Waals surface area contributed by atoms with Crippen LogP contribution in [-0.4, -0.2) is 14.9 Å². The summed E-state index contributed by atoms with van der Waals surface area (Å²) in [5, 5.41) is 0.879. The zero-order valence-electron chi connectivity index (χ0n) is 5.79. The maximum Gasteiger partial charge on any atom is 0.0950 e. The molecule has 0 atom stereocenters. The van der Waals surface area contributed by atoms with Crippen molar-refractivity contribution in [3.05, 3.63) is 24.3 Å². The van der Waals surface area contributed by atoms with E-state index in [1.807, 2.05) is 30.0 Å². The van der Waals surface area contributed by atoms with E-state index in [1.165, 1.54) is 0 Å². The highest BCUT2D eigenvalue weighted by Gasteiger charge is 1.87. The number of hydrogen-bond donors (Lipinski definition) is 0. The van der Waals surface area contributed by atoms with Gasteiger partial charge in [-0.1, -0.05) is 22.0 Å². The summed E-state index contributed by atoms with van der Waals surface area (Å²) in [5.41, 5.74) is 1.00. The van der Waals surface area contributed by atoms with Crippen molar-refractivity contribution in [3.8, 4) is 0 Å². The Hall–Kier alpha value is -0.570. The maximum absolute atomic E-state index is 4.11. The minimum atomic E-state index is 0.879. The highest BCUT2D eigenvalue weighted by molar-refractivity contribution is 9.09. The number of aromatic nitrogens is 2. The van der Waals surface area contributed by atoms with Gasteiger partial charge in [0.25, 0.3) is 0 Å². The normalized spacial score (nSPS) is 11.0. The first-order valence-electron chi connectivity index (χ1n) is 3.03. The van der Waals surface area contributed by atoms with Gasteiger partial charge >= 0.3 is 0 Å². The summed E-state index contributed by atoms with van der Waals surface area (Å²) in [6.07, 6.45) is 7.75. The Morgan fingerprint density at radius 2 is 2.60 bits per heavy atom. The third-order valence-corrected chi connectivity index (χ3v) is 1.48. The molecular formula is C7H9BrN2. The third-order valence-electron chi connectivity index (χ3n) is 1.10. The van der Waals surface area contributed by atoms with E-state index in [-0.39, 0.29) is 0 Å². The van der Waals surface area contributed by atoms with Crippen LogP contribution in [0.1, 0.15) is 5.69 Å². The Bertz CT molecular complexity index is 227. The second-order valence-electron chi connectivity index (χ2n) is 2.02. The molecule has 0 aliphatic heterocycles. The molecule has 0 N–H and O–H groups in total. The van der Waals surface area contributed by atoms with Crippen LogP contribution in [0.4, 0.5) is 0 Å². The molecule has 3 heteroatoms. The molecule has 2 nitrogen and oxygen atoms in total. The summed E-state index contributed by atoms with van der Waals surface area (Å²) in [6.45, 7) is 0. The minimum absolute atomic E-state index is 0.879. The van der Waals surface area contributed by atoms with Gasteiger partial charge in [-0.05, 0) is 6.08 Å². The van der Waals surface area contributed by atoms with Crippen LogP contribution in [0.5, 0.6) is 0 Å². The van der Waals surface area contributed by atoms with Crippen LogP contribution in [0.25, 0.3) is 6.08 Å². The Balaban J connectivity index is 2.67. The van der Waals surface area contributed by atoms with Gasteiger partial charge in [-0.3, -0.25) is 0 Å². The van der Waals surface area contributed by atoms with Gasteiger partial charge in [-0.2, -0.15) is 0 Å². The van der Waals surface area contributed by atoms with Crippen LogP contribution in [0.3, 0.4) is 0 Å². The quantitative estimate of drug-likeness (QED) is 0.667. The summed E-state index contributed by atoms with van der Waals surface area (Å²) in [5.74, 6) is 0. The van der Waals surface area contributed by atoms with Crippen molar-refractivity contribution < 1.29 is 0 Å². The molecule has 0 amide bonds. The van der Waals surface area contributed by atoms with Crippen molar-refractivity contribution in [2.75, 3.05) is 5.33 Å². The van der Waals surface area contributed by atoms with Crippen molar-refractivity contribution >= 4 is 22.0 Å². The Labute approximate surface area is 68.7 Å². The van der Waals surface area contributed by atoms with Gasteiger partial charge in [0.05, 0.1) is 12.0 Å². The number of alkyl halides is 1. The van der Waals surface area contributed by atoms with E-state index in [4.69, 9.17) is 0 Å². The molecule has 0 bridgehead atoms. The molecule has 0 saturated carbocycles. The molecule has 0 fully saturated rings. The summed E-state index contributed by atoms with van der Waals surface area (Å²) in [7, 11) is 1.96. The molecule has 0 aromatic carbocycles. The molecule has 0 aliphatic carbocycles. The van der Waals surface area contributed by atoms with Crippen LogP contribution < -0.4 is 0 Å². The molecule has 0 unspecified atom stereocenters. The summed E-state index contributed by atoms with van der Waals surface area (Å²) >= 11 is 3.29. The fourth-order valence-electron chi connectivity index (χ4n) is 0.684. The lowest BCUT2D eigenvalue weighted by Gasteiger charge is -1.80. The fourth-order valence-corrected chi connectivity index (χ4v) is 0.871. The van der Waals surface area contributed by atoms with Crippen LogP contribution in [-0.2, 0) is 7.05 Å². The van der Waals surface area contributed by atoms with Gasteiger partial charge in [0, 0.05) is 18.6 Å². The maximum atomic E-state index is 4.11. The molecule has 1 heterocycles. The lowest BCUT2D eigenvalue weighted by Crippen LogP contribution is -1.77. The largest absolute Gasteiger partial charge is 0.340 e. The highest BCUT2D eigenvalue weighted by Crippen LogP contribution is 1.97. The molecule has 1 rings (SSSR count). The monoisotopic (exact) mass is 200 g/mol. The van der Waals surface area contributed by atoms with Crippen LogP contribution in [0.15, 0.2) is 18.6 Å². The van der Waals surface area contributed by atoms with Crippen LogP contribution in [0.2, 0.25) is 0 Å². The van der Waals surface area contributed by atoms with Gasteiger partial charge < -0.3 is 4.57 Å². The SMILES string of the molecule is Cn1cnc(C=CCBr)c1. The molecule has 1 aromatic heterocycles. The molecule has 0 saturated heterocycles. The molecular weight excluding hydrogens is 192 g/mol. The number of hydrogen-bond acceptors (Lipinski definition) is 1. The van der Waals surface area contributed by atoms with Gasteiger partial charge in [-0.15, -0.1) is 0 Å². The van der Waals surface area contributed by atoms with Gasteiger partial charge in [-0.25, -0.2) is 4.98 Å². The predicted octanol–water partition coefficient (Wildman–Crippen LogP) is 1.83. The predicted molar refractivity (Wildman–Crippen MR) is 46.0 cm³/mol. The van der Waals surface area contributed by atoms with Crippen molar-refractivity contribution in [1.29, 1.82) is 0 Å². The van der Waals surface area contributed by atoms with Gasteiger partial charge in [0.15, 0.2) is 0 Å². The number of halogens is 1. The average molecular weight is 201 g/mol. The zero-order valence-corrected chi connectivity index (χ0v) is 7.37. The Morgan fingerprint density at radius 3 is 3.10 bits per heavy atom. The number of aryl methyl sites for hydroxylation is 1. The standard InChI is InChI=1S/C7H9BrN2/c1-10-5-7(9-6-10)3-2-4-8/h2-3,5-6H,4H2,1H3. The van der Waals surface area contributed by atoms with Crippen molar-refractivity contribution in [2.24, 2.45) is 7.05 Å². The number of nitrogens with zero attached hydrogens (tertiary/aromatic N) is 2. The van der Waals surface area contributed by atoms with Crippen LogP contribution >= 0.6 is 15.9 Å². The van der Waals surface area contributed by atoms with E-state index < -0.39 is 0 Å². The van der Waals surface area contributed by atoms with E-state index in [0.717, 1.165) is 11.0 Å². The number of rotatable bonds is 2. The first-order chi connectivity index (χ1) is 4.83. The van der Waals surface area contributed by atoms with Gasteiger partial charge in [0.1, 0.15) is 0 Å². The van der Waals surface area contributed by atoms with E-state index in [2.05, 4.69) is 20.9 Å². The van der Waals surface area contributed by atoms with E-state index in [0.29, 0.717) is 0 Å². The smallest absolute Gasteiger partial charge is 0.0950 e. The Kier molecular flexibility index (Phi) is 2.68. The summed E-state index contributed by atoms with van der Waals surface area (Å²) in [4.78, 5) is 4.11. The Morgan fingerprint density at radius 1 is 1.80 bits per heavy atom. The fraction of sp³-hybridized carbons (Fsp3) is 0.286. The highest BCUT2D eigenvalue weighted by atomic mass is 79.9. The van der Waals surface area contributed by atoms with Crippen molar-refractivity contribution in [3.63, 3.8) is 0 Å². The van der Waals surface area contributed by atoms with Crippen LogP contribution in [0, 0.1) is 0 Å². The van der Waals surface area contributed by atoms with E-state index in [9.17, 15) is 0 Å². The third kappa shape index (κ3) is 1.99. The topological polar surface area (TPSA) is 17.8 Å². The first kappa shape index (κ1) is 7.54. The van der Waals surface area contributed by atoms with E-state index >= 15 is 0 Å². The lowest BCUT2D eigenvalue weighted by molar-refractivity contribution is 0.913.